The van der Waals surface area contributed by atoms with Crippen molar-refractivity contribution in [1.29, 1.82) is 0 Å². The molecule has 5 atom stereocenters. The minimum Gasteiger partial charge on any atom is -0.481 e. The van der Waals surface area contributed by atoms with Gasteiger partial charge in [-0.3, -0.25) is 4.79 Å². The number of aliphatic hydroxyl groups is 1. The number of aliphatic hydroxyl groups excluding tert-OH is 1. The highest BCUT2D eigenvalue weighted by atomic mass is 127. The van der Waals surface area contributed by atoms with Crippen LogP contribution in [0.4, 0.5) is 0 Å². The number of rotatable bonds is 1. The summed E-state index contributed by atoms with van der Waals surface area (Å²) in [6.07, 6.45) is 3.29. The van der Waals surface area contributed by atoms with Crippen LogP contribution in [0, 0.1) is 17.8 Å². The molecule has 0 radical (unpaired) electrons. The van der Waals surface area contributed by atoms with Crippen molar-refractivity contribution in [3.05, 3.63) is 0 Å². The molecule has 0 saturated heterocycles. The van der Waals surface area contributed by atoms with E-state index in [4.69, 9.17) is 5.11 Å². The highest BCUT2D eigenvalue weighted by Gasteiger charge is 2.47. The summed E-state index contributed by atoms with van der Waals surface area (Å²) in [7, 11) is 0. The van der Waals surface area contributed by atoms with Crippen LogP contribution in [-0.4, -0.2) is 26.2 Å². The lowest BCUT2D eigenvalue weighted by Gasteiger charge is -2.38. The van der Waals surface area contributed by atoms with Crippen molar-refractivity contribution in [3.8, 4) is 0 Å². The third-order valence-corrected chi connectivity index (χ3v) is 5.48. The summed E-state index contributed by atoms with van der Waals surface area (Å²) < 4.78 is 0.260. The van der Waals surface area contributed by atoms with Crippen molar-refractivity contribution in [2.24, 2.45) is 17.8 Å². The Kier molecular flexibility index (Phi) is 3.02. The normalized spacial score (nSPS) is 47.4. The van der Waals surface area contributed by atoms with Crippen LogP contribution in [0.1, 0.15) is 25.7 Å². The van der Waals surface area contributed by atoms with Crippen LogP contribution < -0.4 is 0 Å². The number of carboxylic acids is 1. The van der Waals surface area contributed by atoms with E-state index in [9.17, 15) is 9.90 Å². The second-order valence-corrected chi connectivity index (χ2v) is 5.89. The molecule has 0 aromatic rings. The van der Waals surface area contributed by atoms with Crippen LogP contribution in [0.5, 0.6) is 0 Å². The van der Waals surface area contributed by atoms with Gasteiger partial charge >= 0.3 is 5.97 Å². The topological polar surface area (TPSA) is 57.5 Å². The summed E-state index contributed by atoms with van der Waals surface area (Å²) in [4.78, 5) is 11.0. The van der Waals surface area contributed by atoms with Crippen molar-refractivity contribution in [2.75, 3.05) is 0 Å². The summed E-state index contributed by atoms with van der Waals surface area (Å²) in [5.41, 5.74) is 0. The van der Waals surface area contributed by atoms with Crippen molar-refractivity contribution >= 4 is 28.6 Å². The number of fused-ring (bicyclic) bond motifs is 1. The van der Waals surface area contributed by atoms with E-state index in [1.807, 2.05) is 0 Å². The third-order valence-electron chi connectivity index (χ3n) is 3.73. The number of hydrogen-bond acceptors (Lipinski definition) is 2. The largest absolute Gasteiger partial charge is 0.481 e. The van der Waals surface area contributed by atoms with Crippen LogP contribution in [0.25, 0.3) is 0 Å². The van der Waals surface area contributed by atoms with Crippen molar-refractivity contribution in [1.82, 2.24) is 0 Å². The Morgan fingerprint density at radius 3 is 2.57 bits per heavy atom. The molecular weight excluding hydrogens is 295 g/mol. The number of halogens is 1. The van der Waals surface area contributed by atoms with Gasteiger partial charge in [0.1, 0.15) is 0 Å². The summed E-state index contributed by atoms with van der Waals surface area (Å²) >= 11 is 2.29. The minimum atomic E-state index is -0.718. The Hall–Kier alpha value is 0.160. The molecule has 2 aliphatic rings. The molecule has 2 aliphatic carbocycles. The van der Waals surface area contributed by atoms with Gasteiger partial charge in [-0.1, -0.05) is 29.0 Å². The minimum absolute atomic E-state index is 0.260. The lowest BCUT2D eigenvalue weighted by Crippen LogP contribution is -2.44. The molecule has 0 heterocycles. The standard InChI is InChI=1S/C10H15IO3/c11-9-6-3-1-2-5(6)7(10(13)14)4-8(9)12/h5-9,12H,1-4H2,(H,13,14)/t5-,6-,7-,8-,9-/m1/s1. The Morgan fingerprint density at radius 2 is 1.93 bits per heavy atom. The number of aliphatic carboxylic acids is 1. The monoisotopic (exact) mass is 310 g/mol. The van der Waals surface area contributed by atoms with E-state index >= 15 is 0 Å². The Morgan fingerprint density at radius 1 is 1.29 bits per heavy atom. The fourth-order valence-corrected chi connectivity index (χ4v) is 4.23. The van der Waals surface area contributed by atoms with Gasteiger partial charge in [0.05, 0.1) is 12.0 Å². The first-order valence-electron chi connectivity index (χ1n) is 5.16. The molecule has 0 bridgehead atoms. The average Bonchev–Trinajstić information content (AvgIpc) is 2.59. The SMILES string of the molecule is O=C(O)[C@@H]1C[C@@H](O)[C@H](I)[C@@H]2CCC[C@H]21. The molecule has 0 amide bonds. The van der Waals surface area contributed by atoms with Gasteiger partial charge in [0.15, 0.2) is 0 Å². The number of hydrogen-bond donors (Lipinski definition) is 2. The first-order valence-corrected chi connectivity index (χ1v) is 6.40. The summed E-state index contributed by atoms with van der Waals surface area (Å²) in [5, 5.41) is 18.8. The molecule has 3 nitrogen and oxygen atoms in total. The van der Waals surface area contributed by atoms with Crippen molar-refractivity contribution in [3.63, 3.8) is 0 Å². The fourth-order valence-electron chi connectivity index (χ4n) is 3.05. The molecule has 0 aromatic heterocycles. The Bertz CT molecular complexity index is 244. The van der Waals surface area contributed by atoms with Crippen LogP contribution in [0.3, 0.4) is 0 Å². The van der Waals surface area contributed by atoms with Crippen LogP contribution in [-0.2, 0) is 4.79 Å². The first-order chi connectivity index (χ1) is 6.61. The van der Waals surface area contributed by atoms with Crippen LogP contribution in [0.2, 0.25) is 0 Å². The lowest BCUT2D eigenvalue weighted by atomic mass is 9.72. The first kappa shape index (κ1) is 10.7. The quantitative estimate of drug-likeness (QED) is 0.572. The molecule has 4 heteroatoms. The highest BCUT2D eigenvalue weighted by molar-refractivity contribution is 14.1. The van der Waals surface area contributed by atoms with Gasteiger partial charge in [-0.25, -0.2) is 0 Å². The smallest absolute Gasteiger partial charge is 0.306 e. The maximum absolute atomic E-state index is 11.0. The molecule has 0 unspecified atom stereocenters. The summed E-state index contributed by atoms with van der Waals surface area (Å²) in [5.74, 6) is -0.272. The van der Waals surface area contributed by atoms with Gasteiger partial charge < -0.3 is 10.2 Å². The molecule has 2 saturated carbocycles. The van der Waals surface area contributed by atoms with Gasteiger partial charge in [0.2, 0.25) is 0 Å². The molecule has 0 aliphatic heterocycles. The highest BCUT2D eigenvalue weighted by Crippen LogP contribution is 2.48. The number of carboxylic acid groups (broad SMARTS) is 1. The molecule has 2 rings (SSSR count). The molecule has 0 spiro atoms. The Labute approximate surface area is 97.0 Å². The van der Waals surface area contributed by atoms with E-state index < -0.39 is 12.1 Å². The summed E-state index contributed by atoms with van der Waals surface area (Å²) in [6.45, 7) is 0. The van der Waals surface area contributed by atoms with E-state index in [1.165, 1.54) is 0 Å². The van der Waals surface area contributed by atoms with Crippen molar-refractivity contribution < 1.29 is 15.0 Å². The molecular formula is C10H15IO3. The average molecular weight is 310 g/mol. The molecule has 2 fully saturated rings. The van der Waals surface area contributed by atoms with E-state index in [2.05, 4.69) is 22.6 Å². The number of carbonyl (C=O) groups is 1. The van der Waals surface area contributed by atoms with E-state index in [0.717, 1.165) is 19.3 Å². The van der Waals surface area contributed by atoms with E-state index in [0.29, 0.717) is 18.3 Å². The summed E-state index contributed by atoms with van der Waals surface area (Å²) in [6, 6.07) is 0. The zero-order valence-corrected chi connectivity index (χ0v) is 10.1. The Balaban J connectivity index is 2.18. The number of alkyl halides is 1. The fraction of sp³-hybridized carbons (Fsp3) is 0.900. The molecule has 14 heavy (non-hydrogen) atoms. The van der Waals surface area contributed by atoms with Gasteiger partial charge in [0, 0.05) is 3.92 Å². The van der Waals surface area contributed by atoms with Gasteiger partial charge in [-0.05, 0) is 31.1 Å². The molecule has 80 valence electrons. The third kappa shape index (κ3) is 1.66. The second-order valence-electron chi connectivity index (χ2n) is 4.45. The van der Waals surface area contributed by atoms with Crippen LogP contribution >= 0.6 is 22.6 Å². The van der Waals surface area contributed by atoms with E-state index in [-0.39, 0.29) is 9.84 Å². The van der Waals surface area contributed by atoms with Crippen molar-refractivity contribution in [2.45, 2.75) is 35.7 Å². The van der Waals surface area contributed by atoms with E-state index in [1.54, 1.807) is 0 Å². The van der Waals surface area contributed by atoms with Gasteiger partial charge in [0.25, 0.3) is 0 Å². The molecule has 2 N–H and O–H groups in total. The predicted octanol–water partition coefficient (Wildman–Crippen LogP) is 1.67. The van der Waals surface area contributed by atoms with Crippen LogP contribution in [0.15, 0.2) is 0 Å². The maximum Gasteiger partial charge on any atom is 0.306 e. The van der Waals surface area contributed by atoms with Gasteiger partial charge in [-0.15, -0.1) is 0 Å². The maximum atomic E-state index is 11.0. The predicted molar refractivity (Wildman–Crippen MR) is 60.4 cm³/mol. The van der Waals surface area contributed by atoms with Gasteiger partial charge in [-0.2, -0.15) is 0 Å². The zero-order chi connectivity index (χ0) is 10.3. The second kappa shape index (κ2) is 3.96. The lowest BCUT2D eigenvalue weighted by molar-refractivity contribution is -0.147. The zero-order valence-electron chi connectivity index (χ0n) is 7.90. The molecule has 0 aromatic carbocycles.